The number of hydrogen-bond acceptors (Lipinski definition) is 3. The summed E-state index contributed by atoms with van der Waals surface area (Å²) in [6.45, 7) is 6.17. The van der Waals surface area contributed by atoms with Crippen LogP contribution in [0.1, 0.15) is 31.3 Å². The molecule has 2 aromatic heterocycles. The highest BCUT2D eigenvalue weighted by Crippen LogP contribution is 2.26. The molecule has 4 aromatic rings. The molecule has 0 amide bonds. The normalized spacial score (nSPS) is 12.9. The highest BCUT2D eigenvalue weighted by Gasteiger charge is 2.15. The van der Waals surface area contributed by atoms with Gasteiger partial charge in [-0.3, -0.25) is 0 Å². The van der Waals surface area contributed by atoms with Crippen molar-refractivity contribution in [3.8, 4) is 0 Å². The molecular weight excluding hydrogens is 314 g/mol. The minimum Gasteiger partial charge on any atom is -0.327 e. The third-order valence-electron chi connectivity index (χ3n) is 4.55. The van der Waals surface area contributed by atoms with E-state index in [0.717, 1.165) is 24.4 Å². The van der Waals surface area contributed by atoms with Crippen LogP contribution in [0, 0.1) is 0 Å². The Hall–Kier alpha value is -2.17. The summed E-state index contributed by atoms with van der Waals surface area (Å²) >= 11 is 1.81. The van der Waals surface area contributed by atoms with Crippen LogP contribution in [0.3, 0.4) is 0 Å². The van der Waals surface area contributed by atoms with Gasteiger partial charge in [0.2, 0.25) is 0 Å². The number of para-hydroxylation sites is 2. The highest BCUT2D eigenvalue weighted by molar-refractivity contribution is 7.17. The lowest BCUT2D eigenvalue weighted by Gasteiger charge is -2.15. The van der Waals surface area contributed by atoms with Gasteiger partial charge >= 0.3 is 0 Å². The molecule has 24 heavy (non-hydrogen) atoms. The summed E-state index contributed by atoms with van der Waals surface area (Å²) in [5.41, 5.74) is 3.65. The maximum Gasteiger partial charge on any atom is 0.126 e. The molecule has 0 fully saturated rings. The van der Waals surface area contributed by atoms with Gasteiger partial charge in [-0.15, -0.1) is 11.3 Å². The van der Waals surface area contributed by atoms with E-state index < -0.39 is 0 Å². The lowest BCUT2D eigenvalue weighted by molar-refractivity contribution is 0.523. The van der Waals surface area contributed by atoms with E-state index in [4.69, 9.17) is 4.98 Å². The quantitative estimate of drug-likeness (QED) is 0.548. The molecular formula is C20H21N3S. The number of thiophene rings is 1. The van der Waals surface area contributed by atoms with Gasteiger partial charge in [0.05, 0.1) is 17.1 Å². The third kappa shape index (κ3) is 2.62. The van der Waals surface area contributed by atoms with Gasteiger partial charge in [0.1, 0.15) is 5.82 Å². The van der Waals surface area contributed by atoms with E-state index in [0.29, 0.717) is 0 Å². The van der Waals surface area contributed by atoms with E-state index >= 15 is 0 Å². The monoisotopic (exact) mass is 335 g/mol. The van der Waals surface area contributed by atoms with Gasteiger partial charge in [0.15, 0.2) is 0 Å². The van der Waals surface area contributed by atoms with Crippen molar-refractivity contribution in [3.63, 3.8) is 0 Å². The van der Waals surface area contributed by atoms with Crippen LogP contribution in [0.25, 0.3) is 21.1 Å². The largest absolute Gasteiger partial charge is 0.327 e. The summed E-state index contributed by atoms with van der Waals surface area (Å²) in [7, 11) is 0. The molecule has 0 bridgehead atoms. The highest BCUT2D eigenvalue weighted by atomic mass is 32.1. The van der Waals surface area contributed by atoms with Crippen LogP contribution in [-0.2, 0) is 13.1 Å². The van der Waals surface area contributed by atoms with Crippen molar-refractivity contribution in [1.29, 1.82) is 0 Å². The molecule has 1 atom stereocenters. The molecule has 1 N–H and O–H groups in total. The number of hydrogen-bond donors (Lipinski definition) is 1. The zero-order chi connectivity index (χ0) is 16.5. The Bertz CT molecular complexity index is 983. The molecule has 3 nitrogen and oxygen atoms in total. The second kappa shape index (κ2) is 6.38. The number of aromatic nitrogens is 2. The van der Waals surface area contributed by atoms with Crippen molar-refractivity contribution in [2.75, 3.05) is 0 Å². The smallest absolute Gasteiger partial charge is 0.126 e. The van der Waals surface area contributed by atoms with Crippen molar-refractivity contribution in [3.05, 3.63) is 65.3 Å². The van der Waals surface area contributed by atoms with Gasteiger partial charge in [-0.1, -0.05) is 30.3 Å². The molecule has 0 radical (unpaired) electrons. The fourth-order valence-corrected chi connectivity index (χ4v) is 4.24. The van der Waals surface area contributed by atoms with Crippen LogP contribution in [0.4, 0.5) is 0 Å². The fourth-order valence-electron chi connectivity index (χ4n) is 3.28. The summed E-state index contributed by atoms with van der Waals surface area (Å²) in [6, 6.07) is 17.2. The van der Waals surface area contributed by atoms with E-state index in [-0.39, 0.29) is 6.04 Å². The Morgan fingerprint density at radius 3 is 2.79 bits per heavy atom. The summed E-state index contributed by atoms with van der Waals surface area (Å²) < 4.78 is 3.65. The maximum atomic E-state index is 4.85. The Balaban J connectivity index is 1.59. The molecule has 0 spiro atoms. The second-order valence-corrected chi connectivity index (χ2v) is 6.97. The first-order valence-electron chi connectivity index (χ1n) is 8.41. The van der Waals surface area contributed by atoms with Gasteiger partial charge in [-0.05, 0) is 48.4 Å². The Labute approximate surface area is 146 Å². The van der Waals surface area contributed by atoms with Crippen LogP contribution >= 0.6 is 11.3 Å². The molecule has 0 saturated heterocycles. The first-order valence-corrected chi connectivity index (χ1v) is 9.29. The first-order chi connectivity index (χ1) is 11.8. The Morgan fingerprint density at radius 1 is 1.12 bits per heavy atom. The van der Waals surface area contributed by atoms with E-state index in [1.165, 1.54) is 21.2 Å². The van der Waals surface area contributed by atoms with Crippen molar-refractivity contribution in [2.24, 2.45) is 0 Å². The summed E-state index contributed by atoms with van der Waals surface area (Å²) in [5, 5.41) is 7.26. The van der Waals surface area contributed by atoms with E-state index in [2.05, 4.69) is 77.6 Å². The molecule has 0 saturated carbocycles. The molecule has 4 rings (SSSR count). The van der Waals surface area contributed by atoms with Crippen molar-refractivity contribution < 1.29 is 0 Å². The zero-order valence-electron chi connectivity index (χ0n) is 14.0. The number of rotatable bonds is 5. The van der Waals surface area contributed by atoms with Gasteiger partial charge in [0, 0.05) is 17.8 Å². The number of imidazole rings is 1. The van der Waals surface area contributed by atoms with Gasteiger partial charge in [0.25, 0.3) is 0 Å². The van der Waals surface area contributed by atoms with Crippen molar-refractivity contribution in [1.82, 2.24) is 14.9 Å². The Morgan fingerprint density at radius 2 is 1.92 bits per heavy atom. The van der Waals surface area contributed by atoms with Crippen LogP contribution < -0.4 is 5.32 Å². The van der Waals surface area contributed by atoms with Gasteiger partial charge in [-0.2, -0.15) is 0 Å². The molecule has 0 aliphatic rings. The number of fused-ring (bicyclic) bond motifs is 2. The predicted molar refractivity (Wildman–Crippen MR) is 102 cm³/mol. The minimum atomic E-state index is 0.205. The van der Waals surface area contributed by atoms with Crippen molar-refractivity contribution >= 4 is 32.5 Å². The average Bonchev–Trinajstić information content (AvgIpc) is 3.20. The lowest BCUT2D eigenvalue weighted by atomic mass is 10.1. The van der Waals surface area contributed by atoms with Gasteiger partial charge < -0.3 is 9.88 Å². The van der Waals surface area contributed by atoms with Crippen LogP contribution in [-0.4, -0.2) is 9.55 Å². The number of benzene rings is 2. The standard InChI is InChI=1S/C20H21N3S/c1-3-23-18-10-6-5-9-17(18)22-20(23)14(2)21-12-15-13-24-19-11-7-4-8-16(15)19/h4-11,13-14,21H,3,12H2,1-2H3. The molecule has 4 heteroatoms. The predicted octanol–water partition coefficient (Wildman–Crippen LogP) is 5.12. The van der Waals surface area contributed by atoms with Crippen molar-refractivity contribution in [2.45, 2.75) is 33.0 Å². The fraction of sp³-hybridized carbons (Fsp3) is 0.250. The SMILES string of the molecule is CCn1c(C(C)NCc2csc3ccccc23)nc2ccccc21. The van der Waals surface area contributed by atoms with Crippen LogP contribution in [0.2, 0.25) is 0 Å². The van der Waals surface area contributed by atoms with Crippen LogP contribution in [0.5, 0.6) is 0 Å². The molecule has 2 aromatic carbocycles. The first kappa shape index (κ1) is 15.4. The summed E-state index contributed by atoms with van der Waals surface area (Å²) in [4.78, 5) is 4.85. The van der Waals surface area contributed by atoms with E-state index in [1.54, 1.807) is 0 Å². The molecule has 1 unspecified atom stereocenters. The summed E-state index contributed by atoms with van der Waals surface area (Å²) in [5.74, 6) is 1.11. The van der Waals surface area contributed by atoms with Gasteiger partial charge in [-0.25, -0.2) is 4.98 Å². The minimum absolute atomic E-state index is 0.205. The van der Waals surface area contributed by atoms with Crippen LogP contribution in [0.15, 0.2) is 53.9 Å². The molecule has 2 heterocycles. The number of aryl methyl sites for hydroxylation is 1. The lowest BCUT2D eigenvalue weighted by Crippen LogP contribution is -2.21. The zero-order valence-corrected chi connectivity index (χ0v) is 14.8. The second-order valence-electron chi connectivity index (χ2n) is 6.06. The van der Waals surface area contributed by atoms with E-state index in [1.807, 2.05) is 11.3 Å². The summed E-state index contributed by atoms with van der Waals surface area (Å²) in [6.07, 6.45) is 0. The average molecular weight is 335 g/mol. The topological polar surface area (TPSA) is 29.9 Å². The third-order valence-corrected chi connectivity index (χ3v) is 5.56. The number of nitrogens with one attached hydrogen (secondary N) is 1. The molecule has 0 aliphatic heterocycles. The maximum absolute atomic E-state index is 4.85. The Kier molecular flexibility index (Phi) is 4.08. The molecule has 122 valence electrons. The number of nitrogens with zero attached hydrogens (tertiary/aromatic N) is 2. The molecule has 0 aliphatic carbocycles. The van der Waals surface area contributed by atoms with E-state index in [9.17, 15) is 0 Å².